The number of benzene rings is 1. The van der Waals surface area contributed by atoms with E-state index in [9.17, 15) is 4.79 Å². The van der Waals surface area contributed by atoms with E-state index in [1.807, 2.05) is 24.4 Å². The largest absolute Gasteiger partial charge is 0.480 e. The molecule has 3 nitrogen and oxygen atoms in total. The lowest BCUT2D eigenvalue weighted by molar-refractivity contribution is -0.137. The molecule has 1 aromatic carbocycles. The van der Waals surface area contributed by atoms with E-state index in [1.54, 1.807) is 4.57 Å². The Bertz CT molecular complexity index is 574. The van der Waals surface area contributed by atoms with Crippen molar-refractivity contribution in [2.24, 2.45) is 0 Å². The topological polar surface area (TPSA) is 42.2 Å². The Balaban J connectivity index is 2.48. The summed E-state index contributed by atoms with van der Waals surface area (Å²) in [5.41, 5.74) is 2.10. The number of carbonyl (C=O) groups is 1. The molecule has 1 aromatic heterocycles. The minimum Gasteiger partial charge on any atom is -0.480 e. The van der Waals surface area contributed by atoms with Gasteiger partial charge in [0.1, 0.15) is 6.54 Å². The maximum atomic E-state index is 10.9. The standard InChI is InChI=1S/C14H16ClNO2/c1-2-3-4-10-8-16(9-14(17)18)13-7-11(15)5-6-12(10)13/h5-8H,2-4,9H2,1H3,(H,17,18). The summed E-state index contributed by atoms with van der Waals surface area (Å²) in [6.45, 7) is 2.12. The van der Waals surface area contributed by atoms with E-state index in [-0.39, 0.29) is 6.54 Å². The fraction of sp³-hybridized carbons (Fsp3) is 0.357. The Kier molecular flexibility index (Phi) is 3.92. The molecule has 0 saturated heterocycles. The number of carboxylic acids is 1. The Labute approximate surface area is 111 Å². The number of halogens is 1. The van der Waals surface area contributed by atoms with Gasteiger partial charge in [-0.3, -0.25) is 4.79 Å². The Morgan fingerprint density at radius 2 is 2.22 bits per heavy atom. The fourth-order valence-electron chi connectivity index (χ4n) is 2.18. The normalized spacial score (nSPS) is 11.0. The van der Waals surface area contributed by atoms with E-state index in [0.717, 1.165) is 30.2 Å². The highest BCUT2D eigenvalue weighted by atomic mass is 35.5. The number of aromatic nitrogens is 1. The summed E-state index contributed by atoms with van der Waals surface area (Å²) in [5.74, 6) is -0.839. The van der Waals surface area contributed by atoms with Crippen molar-refractivity contribution < 1.29 is 9.90 Å². The van der Waals surface area contributed by atoms with Gasteiger partial charge in [0.2, 0.25) is 0 Å². The highest BCUT2D eigenvalue weighted by molar-refractivity contribution is 6.31. The molecule has 4 heteroatoms. The van der Waals surface area contributed by atoms with Gasteiger partial charge in [-0.25, -0.2) is 0 Å². The number of aliphatic carboxylic acids is 1. The molecule has 0 aliphatic rings. The molecule has 18 heavy (non-hydrogen) atoms. The van der Waals surface area contributed by atoms with E-state index in [4.69, 9.17) is 16.7 Å². The fourth-order valence-corrected chi connectivity index (χ4v) is 2.35. The van der Waals surface area contributed by atoms with Gasteiger partial charge < -0.3 is 9.67 Å². The molecular formula is C14H16ClNO2. The van der Waals surface area contributed by atoms with Gasteiger partial charge in [0, 0.05) is 16.6 Å². The van der Waals surface area contributed by atoms with Crippen LogP contribution in [0, 0.1) is 0 Å². The van der Waals surface area contributed by atoms with Crippen LogP contribution in [-0.4, -0.2) is 15.6 Å². The molecule has 2 rings (SSSR count). The van der Waals surface area contributed by atoms with Crippen LogP contribution in [0.5, 0.6) is 0 Å². The first-order valence-electron chi connectivity index (χ1n) is 6.11. The van der Waals surface area contributed by atoms with E-state index in [2.05, 4.69) is 6.92 Å². The summed E-state index contributed by atoms with van der Waals surface area (Å²) < 4.78 is 1.76. The van der Waals surface area contributed by atoms with Crippen molar-refractivity contribution in [3.63, 3.8) is 0 Å². The zero-order valence-electron chi connectivity index (χ0n) is 10.3. The molecule has 96 valence electrons. The van der Waals surface area contributed by atoms with Crippen LogP contribution in [0.3, 0.4) is 0 Å². The minimum atomic E-state index is -0.839. The average molecular weight is 266 g/mol. The molecule has 0 unspecified atom stereocenters. The number of nitrogens with zero attached hydrogens (tertiary/aromatic N) is 1. The van der Waals surface area contributed by atoms with Crippen molar-refractivity contribution in [2.75, 3.05) is 0 Å². The molecule has 0 spiro atoms. The van der Waals surface area contributed by atoms with Gasteiger partial charge >= 0.3 is 5.97 Å². The summed E-state index contributed by atoms with van der Waals surface area (Å²) in [4.78, 5) is 10.9. The first-order chi connectivity index (χ1) is 8.61. The first kappa shape index (κ1) is 13.0. The summed E-state index contributed by atoms with van der Waals surface area (Å²) in [6.07, 6.45) is 5.14. The lowest BCUT2D eigenvalue weighted by Gasteiger charge is -2.00. The number of hydrogen-bond acceptors (Lipinski definition) is 1. The second kappa shape index (κ2) is 5.44. The van der Waals surface area contributed by atoms with Crippen molar-refractivity contribution in [3.8, 4) is 0 Å². The van der Waals surface area contributed by atoms with Crippen LogP contribution < -0.4 is 0 Å². The molecule has 1 N–H and O–H groups in total. The van der Waals surface area contributed by atoms with Crippen LogP contribution in [0.4, 0.5) is 0 Å². The van der Waals surface area contributed by atoms with Gasteiger partial charge in [-0.05, 0) is 30.5 Å². The molecule has 0 atom stereocenters. The molecule has 0 saturated carbocycles. The monoisotopic (exact) mass is 265 g/mol. The summed E-state index contributed by atoms with van der Waals surface area (Å²) in [5, 5.41) is 10.7. The molecule has 1 heterocycles. The van der Waals surface area contributed by atoms with E-state index in [0.29, 0.717) is 5.02 Å². The first-order valence-corrected chi connectivity index (χ1v) is 6.48. The van der Waals surface area contributed by atoms with E-state index in [1.165, 1.54) is 5.56 Å². The zero-order valence-corrected chi connectivity index (χ0v) is 11.1. The third-order valence-electron chi connectivity index (χ3n) is 3.03. The van der Waals surface area contributed by atoms with Crippen LogP contribution in [-0.2, 0) is 17.8 Å². The SMILES string of the molecule is CCCCc1cn(CC(=O)O)c2cc(Cl)ccc12. The molecule has 0 bridgehead atoms. The van der Waals surface area contributed by atoms with Gasteiger partial charge in [0.05, 0.1) is 5.52 Å². The summed E-state index contributed by atoms with van der Waals surface area (Å²) in [7, 11) is 0. The third kappa shape index (κ3) is 2.67. The van der Waals surface area contributed by atoms with E-state index < -0.39 is 5.97 Å². The highest BCUT2D eigenvalue weighted by Crippen LogP contribution is 2.26. The quantitative estimate of drug-likeness (QED) is 0.895. The van der Waals surface area contributed by atoms with Crippen molar-refractivity contribution >= 4 is 28.5 Å². The highest BCUT2D eigenvalue weighted by Gasteiger charge is 2.10. The smallest absolute Gasteiger partial charge is 0.323 e. The predicted molar refractivity (Wildman–Crippen MR) is 73.2 cm³/mol. The summed E-state index contributed by atoms with van der Waals surface area (Å²) in [6, 6.07) is 5.65. The van der Waals surface area contributed by atoms with Crippen molar-refractivity contribution in [3.05, 3.63) is 35.0 Å². The Morgan fingerprint density at radius 3 is 2.89 bits per heavy atom. The molecule has 0 aliphatic carbocycles. The number of carboxylic acid groups (broad SMARTS) is 1. The van der Waals surface area contributed by atoms with Gasteiger partial charge in [-0.1, -0.05) is 31.0 Å². The number of fused-ring (bicyclic) bond motifs is 1. The maximum Gasteiger partial charge on any atom is 0.323 e. The molecule has 0 radical (unpaired) electrons. The lowest BCUT2D eigenvalue weighted by Crippen LogP contribution is -2.07. The number of unbranched alkanes of at least 4 members (excludes halogenated alkanes) is 1. The van der Waals surface area contributed by atoms with Gasteiger partial charge in [-0.15, -0.1) is 0 Å². The second-order valence-corrected chi connectivity index (χ2v) is 4.88. The van der Waals surface area contributed by atoms with Crippen molar-refractivity contribution in [1.82, 2.24) is 4.57 Å². The lowest BCUT2D eigenvalue weighted by atomic mass is 10.1. The third-order valence-corrected chi connectivity index (χ3v) is 3.27. The van der Waals surface area contributed by atoms with E-state index >= 15 is 0 Å². The Morgan fingerprint density at radius 1 is 1.44 bits per heavy atom. The summed E-state index contributed by atoms with van der Waals surface area (Å²) >= 11 is 5.98. The molecule has 0 amide bonds. The van der Waals surface area contributed by atoms with Crippen LogP contribution in [0.15, 0.2) is 24.4 Å². The van der Waals surface area contributed by atoms with Crippen molar-refractivity contribution in [2.45, 2.75) is 32.7 Å². The average Bonchev–Trinajstić information content (AvgIpc) is 2.64. The van der Waals surface area contributed by atoms with Crippen LogP contribution in [0.1, 0.15) is 25.3 Å². The Hall–Kier alpha value is -1.48. The molecule has 0 fully saturated rings. The van der Waals surface area contributed by atoms with Crippen LogP contribution >= 0.6 is 11.6 Å². The van der Waals surface area contributed by atoms with Gasteiger partial charge in [-0.2, -0.15) is 0 Å². The predicted octanol–water partition coefficient (Wildman–Crippen LogP) is 3.72. The molecular weight excluding hydrogens is 250 g/mol. The van der Waals surface area contributed by atoms with Crippen LogP contribution in [0.2, 0.25) is 5.02 Å². The second-order valence-electron chi connectivity index (χ2n) is 4.44. The maximum absolute atomic E-state index is 10.9. The van der Waals surface area contributed by atoms with Crippen LogP contribution in [0.25, 0.3) is 10.9 Å². The zero-order chi connectivity index (χ0) is 13.1. The molecule has 0 aliphatic heterocycles. The molecule has 2 aromatic rings. The van der Waals surface area contributed by atoms with Gasteiger partial charge in [0.25, 0.3) is 0 Å². The number of hydrogen-bond donors (Lipinski definition) is 1. The number of rotatable bonds is 5. The van der Waals surface area contributed by atoms with Gasteiger partial charge in [0.15, 0.2) is 0 Å². The minimum absolute atomic E-state index is 0.0248. The number of aryl methyl sites for hydroxylation is 1. The van der Waals surface area contributed by atoms with Crippen molar-refractivity contribution in [1.29, 1.82) is 0 Å².